The van der Waals surface area contributed by atoms with E-state index >= 15 is 0 Å². The molecular formula is C12H15N3O. The van der Waals surface area contributed by atoms with E-state index in [0.29, 0.717) is 6.54 Å². The molecule has 0 fully saturated rings. The lowest BCUT2D eigenvalue weighted by Gasteiger charge is -2.04. The molecule has 0 bridgehead atoms. The fraction of sp³-hybridized carbons (Fsp3) is 0.333. The van der Waals surface area contributed by atoms with E-state index in [1.54, 1.807) is 7.11 Å². The molecule has 1 aromatic carbocycles. The number of aryl methyl sites for hydroxylation is 1. The van der Waals surface area contributed by atoms with E-state index in [9.17, 15) is 0 Å². The summed E-state index contributed by atoms with van der Waals surface area (Å²) in [5.74, 6) is 0.847. The molecule has 0 aromatic heterocycles. The number of azide groups is 1. The molecule has 0 aliphatic rings. The minimum atomic E-state index is 0.496. The Morgan fingerprint density at radius 1 is 1.50 bits per heavy atom. The number of methoxy groups -OCH3 is 1. The van der Waals surface area contributed by atoms with Crippen molar-refractivity contribution in [2.24, 2.45) is 5.11 Å². The van der Waals surface area contributed by atoms with E-state index in [4.69, 9.17) is 10.3 Å². The Balaban J connectivity index is 2.67. The van der Waals surface area contributed by atoms with Gasteiger partial charge in [-0.25, -0.2) is 0 Å². The highest BCUT2D eigenvalue weighted by Gasteiger charge is 1.96. The highest BCUT2D eigenvalue weighted by Crippen LogP contribution is 2.18. The zero-order valence-electron chi connectivity index (χ0n) is 9.55. The van der Waals surface area contributed by atoms with Crippen LogP contribution in [0.25, 0.3) is 16.5 Å². The third-order valence-corrected chi connectivity index (χ3v) is 2.24. The van der Waals surface area contributed by atoms with Gasteiger partial charge >= 0.3 is 0 Å². The molecule has 4 heteroatoms. The molecule has 0 unspecified atom stereocenters. The maximum atomic E-state index is 8.11. The van der Waals surface area contributed by atoms with Gasteiger partial charge in [-0.15, -0.1) is 0 Å². The normalized spacial score (nSPS) is 10.1. The SMILES string of the molecule is COc1ccc(C)c(C=CCCN=[N+]=[N-])c1. The summed E-state index contributed by atoms with van der Waals surface area (Å²) in [5, 5.41) is 3.46. The molecule has 84 valence electrons. The molecule has 0 N–H and O–H groups in total. The first-order chi connectivity index (χ1) is 7.77. The van der Waals surface area contributed by atoms with Gasteiger partial charge in [-0.2, -0.15) is 0 Å². The standard InChI is InChI=1S/C12H15N3O/c1-10-6-7-12(16-2)9-11(10)5-3-4-8-14-15-13/h3,5-7,9H,4,8H2,1-2H3. The van der Waals surface area contributed by atoms with Crippen LogP contribution < -0.4 is 4.74 Å². The topological polar surface area (TPSA) is 58.0 Å². The van der Waals surface area contributed by atoms with Crippen molar-refractivity contribution in [3.05, 3.63) is 45.8 Å². The van der Waals surface area contributed by atoms with Crippen molar-refractivity contribution in [3.8, 4) is 5.75 Å². The van der Waals surface area contributed by atoms with Crippen molar-refractivity contribution >= 4 is 6.08 Å². The maximum Gasteiger partial charge on any atom is 0.119 e. The molecule has 0 aliphatic heterocycles. The molecule has 0 heterocycles. The van der Waals surface area contributed by atoms with Crippen LogP contribution in [-0.2, 0) is 0 Å². The Kier molecular flexibility index (Phi) is 4.96. The lowest BCUT2D eigenvalue weighted by Crippen LogP contribution is -1.86. The van der Waals surface area contributed by atoms with Gasteiger partial charge in [0.2, 0.25) is 0 Å². The molecule has 16 heavy (non-hydrogen) atoms. The molecule has 0 aliphatic carbocycles. The van der Waals surface area contributed by atoms with Crippen LogP contribution in [0.1, 0.15) is 17.5 Å². The monoisotopic (exact) mass is 217 g/mol. The maximum absolute atomic E-state index is 8.11. The van der Waals surface area contributed by atoms with Crippen molar-refractivity contribution < 1.29 is 4.74 Å². The van der Waals surface area contributed by atoms with Crippen molar-refractivity contribution in [2.75, 3.05) is 13.7 Å². The molecular weight excluding hydrogens is 202 g/mol. The highest BCUT2D eigenvalue weighted by molar-refractivity contribution is 5.55. The Morgan fingerprint density at radius 2 is 2.31 bits per heavy atom. The molecule has 1 aromatic rings. The summed E-state index contributed by atoms with van der Waals surface area (Å²) in [7, 11) is 1.65. The fourth-order valence-corrected chi connectivity index (χ4v) is 1.31. The van der Waals surface area contributed by atoms with Gasteiger partial charge < -0.3 is 4.74 Å². The van der Waals surface area contributed by atoms with Crippen LogP contribution in [0, 0.1) is 6.92 Å². The predicted octanol–water partition coefficient (Wildman–Crippen LogP) is 3.72. The summed E-state index contributed by atoms with van der Waals surface area (Å²) >= 11 is 0. The Bertz CT molecular complexity index is 420. The first-order valence-electron chi connectivity index (χ1n) is 5.10. The predicted molar refractivity (Wildman–Crippen MR) is 65.4 cm³/mol. The van der Waals surface area contributed by atoms with Gasteiger partial charge in [0.1, 0.15) is 5.75 Å². The minimum Gasteiger partial charge on any atom is -0.497 e. The van der Waals surface area contributed by atoms with Crippen LogP contribution in [0.2, 0.25) is 0 Å². The van der Waals surface area contributed by atoms with Gasteiger partial charge in [-0.1, -0.05) is 23.3 Å². The third-order valence-electron chi connectivity index (χ3n) is 2.24. The Morgan fingerprint density at radius 3 is 3.00 bits per heavy atom. The number of nitrogens with zero attached hydrogens (tertiary/aromatic N) is 3. The number of hydrogen-bond acceptors (Lipinski definition) is 2. The lowest BCUT2D eigenvalue weighted by atomic mass is 10.1. The molecule has 0 saturated carbocycles. The van der Waals surface area contributed by atoms with Crippen LogP contribution in [0.4, 0.5) is 0 Å². The summed E-state index contributed by atoms with van der Waals surface area (Å²) in [6.45, 7) is 2.54. The average Bonchev–Trinajstić information content (AvgIpc) is 2.31. The smallest absolute Gasteiger partial charge is 0.119 e. The van der Waals surface area contributed by atoms with E-state index < -0.39 is 0 Å². The van der Waals surface area contributed by atoms with Crippen LogP contribution in [-0.4, -0.2) is 13.7 Å². The van der Waals surface area contributed by atoms with Gasteiger partial charge in [0.15, 0.2) is 0 Å². The fourth-order valence-electron chi connectivity index (χ4n) is 1.31. The molecule has 0 radical (unpaired) electrons. The molecule has 0 amide bonds. The molecule has 0 atom stereocenters. The van der Waals surface area contributed by atoms with E-state index in [1.807, 2.05) is 37.3 Å². The quantitative estimate of drug-likeness (QED) is 0.321. The van der Waals surface area contributed by atoms with Crippen LogP contribution in [0.3, 0.4) is 0 Å². The van der Waals surface area contributed by atoms with E-state index in [0.717, 1.165) is 17.7 Å². The summed E-state index contributed by atoms with van der Waals surface area (Å²) in [5.41, 5.74) is 10.4. The average molecular weight is 217 g/mol. The molecule has 1 rings (SSSR count). The van der Waals surface area contributed by atoms with Crippen molar-refractivity contribution in [3.63, 3.8) is 0 Å². The van der Waals surface area contributed by atoms with Gasteiger partial charge in [0.25, 0.3) is 0 Å². The second-order valence-electron chi connectivity index (χ2n) is 3.37. The second-order valence-corrected chi connectivity index (χ2v) is 3.37. The van der Waals surface area contributed by atoms with E-state index in [1.165, 1.54) is 5.56 Å². The Hall–Kier alpha value is -1.93. The van der Waals surface area contributed by atoms with Crippen molar-refractivity contribution in [1.29, 1.82) is 0 Å². The second kappa shape index (κ2) is 6.53. The number of ether oxygens (including phenoxy) is 1. The van der Waals surface area contributed by atoms with Gasteiger partial charge in [-0.3, -0.25) is 0 Å². The van der Waals surface area contributed by atoms with Crippen molar-refractivity contribution in [2.45, 2.75) is 13.3 Å². The zero-order chi connectivity index (χ0) is 11.8. The molecule has 0 spiro atoms. The van der Waals surface area contributed by atoms with Crippen LogP contribution in [0.5, 0.6) is 5.75 Å². The summed E-state index contributed by atoms with van der Waals surface area (Å²) in [6.07, 6.45) is 4.77. The summed E-state index contributed by atoms with van der Waals surface area (Å²) in [6, 6.07) is 5.94. The van der Waals surface area contributed by atoms with Gasteiger partial charge in [0.05, 0.1) is 7.11 Å². The number of hydrogen-bond donors (Lipinski definition) is 0. The molecule has 0 saturated heterocycles. The number of rotatable bonds is 5. The van der Waals surface area contributed by atoms with Crippen LogP contribution in [0.15, 0.2) is 29.4 Å². The minimum absolute atomic E-state index is 0.496. The highest BCUT2D eigenvalue weighted by atomic mass is 16.5. The van der Waals surface area contributed by atoms with Crippen molar-refractivity contribution in [1.82, 2.24) is 0 Å². The summed E-state index contributed by atoms with van der Waals surface area (Å²) < 4.78 is 5.15. The number of benzene rings is 1. The zero-order valence-corrected chi connectivity index (χ0v) is 9.55. The van der Waals surface area contributed by atoms with Gasteiger partial charge in [-0.05, 0) is 42.1 Å². The Labute approximate surface area is 95.2 Å². The summed E-state index contributed by atoms with van der Waals surface area (Å²) in [4.78, 5) is 2.70. The van der Waals surface area contributed by atoms with Crippen LogP contribution >= 0.6 is 0 Å². The first kappa shape index (κ1) is 12.1. The largest absolute Gasteiger partial charge is 0.497 e. The lowest BCUT2D eigenvalue weighted by molar-refractivity contribution is 0.414. The first-order valence-corrected chi connectivity index (χ1v) is 5.10. The van der Waals surface area contributed by atoms with Gasteiger partial charge in [0, 0.05) is 11.5 Å². The molecule has 4 nitrogen and oxygen atoms in total. The van der Waals surface area contributed by atoms with E-state index in [2.05, 4.69) is 10.0 Å². The third kappa shape index (κ3) is 3.67. The van der Waals surface area contributed by atoms with E-state index in [-0.39, 0.29) is 0 Å².